The van der Waals surface area contributed by atoms with E-state index in [0.717, 1.165) is 33.5 Å². The van der Waals surface area contributed by atoms with Gasteiger partial charge in [-0.15, -0.1) is 0 Å². The maximum Gasteiger partial charge on any atom is 0.187 e. The van der Waals surface area contributed by atoms with E-state index in [0.29, 0.717) is 11.4 Å². The zero-order chi connectivity index (χ0) is 19.1. The maximum atomic E-state index is 6.01. The van der Waals surface area contributed by atoms with E-state index in [1.54, 1.807) is 12.1 Å². The summed E-state index contributed by atoms with van der Waals surface area (Å²) in [6, 6.07) is 13.6. The zero-order valence-electron chi connectivity index (χ0n) is 15.0. The second-order valence-electron chi connectivity index (χ2n) is 6.53. The molecule has 3 aromatic rings. The summed E-state index contributed by atoms with van der Waals surface area (Å²) in [6.07, 6.45) is 2.82. The van der Waals surface area contributed by atoms with Crippen LogP contribution in [0.2, 0.25) is 5.02 Å². The Bertz CT molecular complexity index is 1060. The van der Waals surface area contributed by atoms with Crippen LogP contribution in [-0.2, 0) is 7.05 Å². The molecule has 0 saturated carbocycles. The smallest absolute Gasteiger partial charge is 0.187 e. The van der Waals surface area contributed by atoms with Gasteiger partial charge in [0.1, 0.15) is 5.75 Å². The van der Waals surface area contributed by atoms with Crippen molar-refractivity contribution < 1.29 is 4.74 Å². The van der Waals surface area contributed by atoms with E-state index in [2.05, 4.69) is 16.8 Å². The Morgan fingerprint density at radius 2 is 2.00 bits per heavy atom. The largest absolute Gasteiger partial charge is 0.497 e. The fourth-order valence-electron chi connectivity index (χ4n) is 3.57. The first kappa shape index (κ1) is 17.8. The molecule has 1 aliphatic rings. The van der Waals surface area contributed by atoms with Gasteiger partial charge in [-0.05, 0) is 48.1 Å². The molecule has 2 heterocycles. The van der Waals surface area contributed by atoms with Crippen molar-refractivity contribution in [3.63, 3.8) is 0 Å². The molecular weight excluding hydrogens is 380 g/mol. The number of fused-ring (bicyclic) bond motifs is 1. The van der Waals surface area contributed by atoms with Gasteiger partial charge in [-0.1, -0.05) is 23.7 Å². The molecule has 2 aromatic carbocycles. The lowest BCUT2D eigenvalue weighted by molar-refractivity contribution is 0.374. The third-order valence-corrected chi connectivity index (χ3v) is 5.34. The standard InChI is InChI=1S/C20H19ClN4OS/c1-24-11-16(15-9-14(26-2)7-8-18(15)24)19-10-17(23-25(19)20(22)27)12-3-5-13(21)6-4-12/h3-9,11,19H,10H2,1-2H3,(H2,22,27). The van der Waals surface area contributed by atoms with Gasteiger partial charge in [0, 0.05) is 41.2 Å². The summed E-state index contributed by atoms with van der Waals surface area (Å²) >= 11 is 11.3. The van der Waals surface area contributed by atoms with Crippen LogP contribution >= 0.6 is 23.8 Å². The van der Waals surface area contributed by atoms with Crippen molar-refractivity contribution in [3.8, 4) is 5.75 Å². The molecule has 5 nitrogen and oxygen atoms in total. The number of hydrogen-bond donors (Lipinski definition) is 1. The van der Waals surface area contributed by atoms with Gasteiger partial charge in [-0.25, -0.2) is 5.01 Å². The molecular formula is C20H19ClN4OS. The molecule has 27 heavy (non-hydrogen) atoms. The molecule has 0 bridgehead atoms. The number of methoxy groups -OCH3 is 1. The van der Waals surface area contributed by atoms with Crippen LogP contribution in [0.4, 0.5) is 0 Å². The first-order chi connectivity index (χ1) is 13.0. The predicted molar refractivity (Wildman–Crippen MR) is 113 cm³/mol. The molecule has 4 rings (SSSR count). The van der Waals surface area contributed by atoms with Gasteiger partial charge in [0.2, 0.25) is 0 Å². The van der Waals surface area contributed by atoms with Crippen LogP contribution in [0.5, 0.6) is 5.75 Å². The van der Waals surface area contributed by atoms with Crippen LogP contribution in [0.15, 0.2) is 53.8 Å². The first-order valence-corrected chi connectivity index (χ1v) is 9.31. The van der Waals surface area contributed by atoms with Gasteiger partial charge in [0.25, 0.3) is 0 Å². The molecule has 1 atom stereocenters. The van der Waals surface area contributed by atoms with Crippen LogP contribution < -0.4 is 10.5 Å². The average molecular weight is 399 g/mol. The molecule has 0 amide bonds. The molecule has 0 saturated heterocycles. The van der Waals surface area contributed by atoms with Gasteiger partial charge < -0.3 is 15.0 Å². The quantitative estimate of drug-likeness (QED) is 0.670. The van der Waals surface area contributed by atoms with Crippen molar-refractivity contribution in [2.24, 2.45) is 17.9 Å². The Balaban J connectivity index is 1.78. The van der Waals surface area contributed by atoms with Crippen LogP contribution in [0.3, 0.4) is 0 Å². The van der Waals surface area contributed by atoms with E-state index in [4.69, 9.17) is 39.4 Å². The average Bonchev–Trinajstić information content (AvgIpc) is 3.24. The number of ether oxygens (including phenoxy) is 1. The van der Waals surface area contributed by atoms with Gasteiger partial charge in [0.15, 0.2) is 5.11 Å². The number of aromatic nitrogens is 1. The summed E-state index contributed by atoms with van der Waals surface area (Å²) in [5.74, 6) is 0.814. The second kappa shape index (κ2) is 6.87. The van der Waals surface area contributed by atoms with Crippen molar-refractivity contribution in [2.75, 3.05) is 7.11 Å². The van der Waals surface area contributed by atoms with Gasteiger partial charge >= 0.3 is 0 Å². The monoisotopic (exact) mass is 398 g/mol. The topological polar surface area (TPSA) is 55.8 Å². The minimum absolute atomic E-state index is 0.0658. The van der Waals surface area contributed by atoms with E-state index in [9.17, 15) is 0 Å². The number of hydrazone groups is 1. The lowest BCUT2D eigenvalue weighted by Gasteiger charge is -2.21. The molecule has 1 aromatic heterocycles. The number of aryl methyl sites for hydroxylation is 1. The molecule has 0 radical (unpaired) electrons. The van der Waals surface area contributed by atoms with Crippen molar-refractivity contribution in [1.29, 1.82) is 0 Å². The van der Waals surface area contributed by atoms with Gasteiger partial charge in [0.05, 0.1) is 18.9 Å². The molecule has 138 valence electrons. The van der Waals surface area contributed by atoms with Crippen molar-refractivity contribution in [1.82, 2.24) is 9.58 Å². The first-order valence-electron chi connectivity index (χ1n) is 8.53. The number of hydrogen-bond acceptors (Lipinski definition) is 3. The van der Waals surface area contributed by atoms with Crippen molar-refractivity contribution >= 4 is 45.5 Å². The maximum absolute atomic E-state index is 6.01. The number of rotatable bonds is 3. The predicted octanol–water partition coefficient (Wildman–Crippen LogP) is 4.24. The van der Waals surface area contributed by atoms with Crippen molar-refractivity contribution in [2.45, 2.75) is 12.5 Å². The highest BCUT2D eigenvalue weighted by Crippen LogP contribution is 2.38. The third-order valence-electron chi connectivity index (χ3n) is 4.90. The van der Waals surface area contributed by atoms with Crippen LogP contribution in [0, 0.1) is 0 Å². The molecule has 0 spiro atoms. The summed E-state index contributed by atoms with van der Waals surface area (Å²) in [6.45, 7) is 0. The number of nitrogens with zero attached hydrogens (tertiary/aromatic N) is 3. The zero-order valence-corrected chi connectivity index (χ0v) is 16.6. The molecule has 2 N–H and O–H groups in total. The van der Waals surface area contributed by atoms with E-state index in [1.165, 1.54) is 0 Å². The van der Waals surface area contributed by atoms with Crippen molar-refractivity contribution in [3.05, 3.63) is 64.8 Å². The number of halogens is 1. The highest BCUT2D eigenvalue weighted by Gasteiger charge is 2.32. The Labute approximate surface area is 168 Å². The lowest BCUT2D eigenvalue weighted by Crippen LogP contribution is -2.31. The fraction of sp³-hybridized carbons (Fsp3) is 0.200. The summed E-state index contributed by atoms with van der Waals surface area (Å²) in [4.78, 5) is 0. The van der Waals surface area contributed by atoms with Gasteiger partial charge in [-0.3, -0.25) is 0 Å². The number of benzene rings is 2. The van der Waals surface area contributed by atoms with E-state index in [1.807, 2.05) is 43.4 Å². The Morgan fingerprint density at radius 1 is 1.26 bits per heavy atom. The summed E-state index contributed by atoms with van der Waals surface area (Å²) in [5.41, 5.74) is 10.2. The summed E-state index contributed by atoms with van der Waals surface area (Å²) < 4.78 is 7.51. The van der Waals surface area contributed by atoms with E-state index >= 15 is 0 Å². The van der Waals surface area contributed by atoms with Crippen LogP contribution in [0.1, 0.15) is 23.6 Å². The minimum atomic E-state index is -0.0658. The highest BCUT2D eigenvalue weighted by atomic mass is 35.5. The molecule has 1 unspecified atom stereocenters. The number of thiocarbonyl (C=S) groups is 1. The fourth-order valence-corrected chi connectivity index (χ4v) is 3.86. The summed E-state index contributed by atoms with van der Waals surface area (Å²) in [5, 5.41) is 8.49. The normalized spacial score (nSPS) is 16.6. The van der Waals surface area contributed by atoms with E-state index < -0.39 is 0 Å². The lowest BCUT2D eigenvalue weighted by atomic mass is 9.98. The number of nitrogens with two attached hydrogens (primary N) is 1. The Kier molecular flexibility index (Phi) is 4.53. The second-order valence-corrected chi connectivity index (χ2v) is 7.39. The summed E-state index contributed by atoms with van der Waals surface area (Å²) in [7, 11) is 3.70. The molecule has 7 heteroatoms. The molecule has 0 aliphatic carbocycles. The SMILES string of the molecule is COc1ccc2c(c1)c(C1CC(c3ccc(Cl)cc3)=NN1C(N)=S)cn2C. The van der Waals surface area contributed by atoms with Crippen LogP contribution in [0.25, 0.3) is 10.9 Å². The molecule has 0 fully saturated rings. The third kappa shape index (κ3) is 3.15. The Morgan fingerprint density at radius 3 is 2.67 bits per heavy atom. The molecule has 1 aliphatic heterocycles. The Hall–Kier alpha value is -2.57. The van der Waals surface area contributed by atoms with E-state index in [-0.39, 0.29) is 11.2 Å². The van der Waals surface area contributed by atoms with Crippen LogP contribution in [-0.4, -0.2) is 27.5 Å². The van der Waals surface area contributed by atoms with Gasteiger partial charge in [-0.2, -0.15) is 5.10 Å². The minimum Gasteiger partial charge on any atom is -0.497 e. The highest BCUT2D eigenvalue weighted by molar-refractivity contribution is 7.80.